The molecule has 0 radical (unpaired) electrons. The number of hydrogen-bond acceptors (Lipinski definition) is 6. The zero-order chi connectivity index (χ0) is 18.8. The van der Waals surface area contributed by atoms with E-state index in [4.69, 9.17) is 0 Å². The van der Waals surface area contributed by atoms with Gasteiger partial charge in [0.1, 0.15) is 5.69 Å². The second-order valence-corrected chi connectivity index (χ2v) is 7.87. The molecule has 8 heteroatoms. The molecule has 2 saturated heterocycles. The monoisotopic (exact) mass is 385 g/mol. The summed E-state index contributed by atoms with van der Waals surface area (Å²) in [5, 5.41) is 4.70. The van der Waals surface area contributed by atoms with Crippen LogP contribution in [-0.4, -0.2) is 52.4 Å². The number of hydrogen-bond donors (Lipinski definition) is 1. The molecule has 2 atom stereocenters. The number of fused-ring (bicyclic) bond motifs is 1. The van der Waals surface area contributed by atoms with Crippen LogP contribution in [0.4, 0.5) is 11.5 Å². The van der Waals surface area contributed by atoms with Crippen molar-refractivity contribution in [2.24, 2.45) is 5.92 Å². The molecule has 1 N–H and O–H groups in total. The average Bonchev–Trinajstić information content (AvgIpc) is 3.29. The normalized spacial score (nSPS) is 22.3. The first-order valence-electron chi connectivity index (χ1n) is 9.30. The third-order valence-electron chi connectivity index (χ3n) is 5.34. The van der Waals surface area contributed by atoms with Crippen LogP contribution in [0, 0.1) is 5.92 Å². The van der Waals surface area contributed by atoms with Gasteiger partial charge in [0, 0.05) is 38.1 Å². The summed E-state index contributed by atoms with van der Waals surface area (Å²) in [5.41, 5.74) is 2.95. The lowest BCUT2D eigenvalue weighted by atomic mass is 9.98. The molecule has 2 aliphatic heterocycles. The Bertz CT molecular complexity index is 825. The van der Waals surface area contributed by atoms with Crippen LogP contribution in [0.1, 0.15) is 36.7 Å². The molecule has 2 aromatic rings. The summed E-state index contributed by atoms with van der Waals surface area (Å²) in [6, 6.07) is 3.92. The summed E-state index contributed by atoms with van der Waals surface area (Å²) >= 11 is 1.44. The molecule has 0 unspecified atom stereocenters. The van der Waals surface area contributed by atoms with Crippen LogP contribution in [0.2, 0.25) is 0 Å². The summed E-state index contributed by atoms with van der Waals surface area (Å²) < 4.78 is 0. The van der Waals surface area contributed by atoms with Gasteiger partial charge in [0.15, 0.2) is 5.82 Å². The summed E-state index contributed by atoms with van der Waals surface area (Å²) in [6.45, 7) is 3.80. The topological polar surface area (TPSA) is 78.4 Å². The Kier molecular flexibility index (Phi) is 5.07. The second-order valence-electron chi connectivity index (χ2n) is 7.16. The highest BCUT2D eigenvalue weighted by Crippen LogP contribution is 2.35. The lowest BCUT2D eigenvalue weighted by Crippen LogP contribution is -2.42. The van der Waals surface area contributed by atoms with E-state index >= 15 is 0 Å². The van der Waals surface area contributed by atoms with Gasteiger partial charge in [0.2, 0.25) is 5.91 Å². The van der Waals surface area contributed by atoms with E-state index in [0.29, 0.717) is 18.2 Å². The van der Waals surface area contributed by atoms with Gasteiger partial charge in [0.25, 0.3) is 5.91 Å². The Morgan fingerprint density at radius 3 is 2.93 bits per heavy atom. The Morgan fingerprint density at radius 2 is 2.15 bits per heavy atom. The third kappa shape index (κ3) is 3.66. The minimum absolute atomic E-state index is 0.00683. The smallest absolute Gasteiger partial charge is 0.273 e. The molecule has 2 amide bonds. The molecule has 4 rings (SSSR count). The number of amides is 2. The molecule has 0 aromatic carbocycles. The predicted octanol–water partition coefficient (Wildman–Crippen LogP) is 2.63. The van der Waals surface area contributed by atoms with Gasteiger partial charge < -0.3 is 15.1 Å². The summed E-state index contributed by atoms with van der Waals surface area (Å²) in [7, 11) is 0. The second kappa shape index (κ2) is 7.64. The summed E-state index contributed by atoms with van der Waals surface area (Å²) in [6.07, 6.45) is 5.08. The SMILES string of the molecule is CC(=O)Nc1cccnc1N1CCCC[C@@H]2CN(C(=O)c3cscn3)C[C@@H]21. The number of nitrogens with zero attached hydrogens (tertiary/aromatic N) is 4. The number of pyridine rings is 1. The third-order valence-corrected chi connectivity index (χ3v) is 5.93. The van der Waals surface area contributed by atoms with Crippen LogP contribution < -0.4 is 10.2 Å². The Labute approximate surface area is 162 Å². The zero-order valence-electron chi connectivity index (χ0n) is 15.3. The minimum atomic E-state index is -0.109. The number of nitrogens with one attached hydrogen (secondary N) is 1. The summed E-state index contributed by atoms with van der Waals surface area (Å²) in [4.78, 5) is 37.3. The minimum Gasteiger partial charge on any atom is -0.350 e. The fraction of sp³-hybridized carbons (Fsp3) is 0.474. The van der Waals surface area contributed by atoms with Gasteiger partial charge in [-0.25, -0.2) is 9.97 Å². The highest BCUT2D eigenvalue weighted by Gasteiger charge is 2.41. The maximum Gasteiger partial charge on any atom is 0.273 e. The highest BCUT2D eigenvalue weighted by molar-refractivity contribution is 7.07. The molecule has 2 aromatic heterocycles. The first-order chi connectivity index (χ1) is 13.1. The van der Waals surface area contributed by atoms with Crippen LogP contribution in [0.3, 0.4) is 0 Å². The molecule has 4 heterocycles. The van der Waals surface area contributed by atoms with Crippen molar-refractivity contribution in [3.05, 3.63) is 34.9 Å². The summed E-state index contributed by atoms with van der Waals surface area (Å²) in [5.74, 6) is 1.10. The van der Waals surface area contributed by atoms with Crippen molar-refractivity contribution in [2.45, 2.75) is 32.2 Å². The van der Waals surface area contributed by atoms with Crippen molar-refractivity contribution in [1.82, 2.24) is 14.9 Å². The standard InChI is InChI=1S/C19H23N5O2S/c1-13(25)22-15-6-4-7-20-18(15)24-8-3-2-5-14-9-23(10-17(14)24)19(26)16-11-27-12-21-16/h4,6-7,11-12,14,17H,2-3,5,8-10H2,1H3,(H,22,25)/t14-,17+/m1/s1. The van der Waals surface area contributed by atoms with Gasteiger partial charge >= 0.3 is 0 Å². The van der Waals surface area contributed by atoms with Gasteiger partial charge in [0.05, 0.1) is 17.2 Å². The lowest BCUT2D eigenvalue weighted by molar-refractivity contribution is -0.114. The molecule has 0 aliphatic carbocycles. The van der Waals surface area contributed by atoms with Gasteiger partial charge in [-0.15, -0.1) is 11.3 Å². The van der Waals surface area contributed by atoms with Crippen molar-refractivity contribution in [3.63, 3.8) is 0 Å². The lowest BCUT2D eigenvalue weighted by Gasteiger charge is -2.32. The van der Waals surface area contributed by atoms with Crippen LogP contribution in [-0.2, 0) is 4.79 Å². The van der Waals surface area contributed by atoms with Crippen molar-refractivity contribution >= 4 is 34.7 Å². The molecule has 2 fully saturated rings. The maximum atomic E-state index is 12.8. The van der Waals surface area contributed by atoms with E-state index in [2.05, 4.69) is 20.2 Å². The van der Waals surface area contributed by atoms with Crippen molar-refractivity contribution < 1.29 is 9.59 Å². The Hall–Kier alpha value is -2.48. The first kappa shape index (κ1) is 17.9. The van der Waals surface area contributed by atoms with E-state index in [1.165, 1.54) is 18.3 Å². The largest absolute Gasteiger partial charge is 0.350 e. The Morgan fingerprint density at radius 1 is 1.26 bits per heavy atom. The molecule has 0 bridgehead atoms. The molecule has 7 nitrogen and oxygen atoms in total. The number of anilines is 2. The van der Waals surface area contributed by atoms with E-state index in [1.807, 2.05) is 22.4 Å². The Balaban J connectivity index is 1.61. The number of carbonyl (C=O) groups excluding carboxylic acids is 2. The van der Waals surface area contributed by atoms with Crippen molar-refractivity contribution in [1.29, 1.82) is 0 Å². The van der Waals surface area contributed by atoms with Crippen LogP contribution >= 0.6 is 11.3 Å². The highest BCUT2D eigenvalue weighted by atomic mass is 32.1. The van der Waals surface area contributed by atoms with Gasteiger partial charge in [-0.05, 0) is 30.9 Å². The molecule has 0 saturated carbocycles. The maximum absolute atomic E-state index is 12.8. The van der Waals surface area contributed by atoms with E-state index < -0.39 is 0 Å². The van der Waals surface area contributed by atoms with E-state index in [0.717, 1.165) is 43.9 Å². The number of thiazole rings is 1. The predicted molar refractivity (Wildman–Crippen MR) is 105 cm³/mol. The van der Waals surface area contributed by atoms with Gasteiger partial charge in [-0.3, -0.25) is 9.59 Å². The van der Waals surface area contributed by atoms with E-state index in [-0.39, 0.29) is 17.9 Å². The van der Waals surface area contributed by atoms with Crippen LogP contribution in [0.5, 0.6) is 0 Å². The van der Waals surface area contributed by atoms with E-state index in [9.17, 15) is 9.59 Å². The molecule has 142 valence electrons. The fourth-order valence-corrected chi connectivity index (χ4v) is 4.69. The van der Waals surface area contributed by atoms with Gasteiger partial charge in [-0.1, -0.05) is 6.42 Å². The first-order valence-corrected chi connectivity index (χ1v) is 10.2. The van der Waals surface area contributed by atoms with Crippen LogP contribution in [0.25, 0.3) is 0 Å². The quantitative estimate of drug-likeness (QED) is 0.879. The average molecular weight is 385 g/mol. The zero-order valence-corrected chi connectivity index (χ0v) is 16.1. The molecular formula is C19H23N5O2S. The van der Waals surface area contributed by atoms with Crippen molar-refractivity contribution in [3.8, 4) is 0 Å². The van der Waals surface area contributed by atoms with Gasteiger partial charge in [-0.2, -0.15) is 0 Å². The number of likely N-dealkylation sites (tertiary alicyclic amines) is 1. The van der Waals surface area contributed by atoms with Crippen LogP contribution in [0.15, 0.2) is 29.2 Å². The molecular weight excluding hydrogens is 362 g/mol. The van der Waals surface area contributed by atoms with Crippen molar-refractivity contribution in [2.75, 3.05) is 29.9 Å². The number of carbonyl (C=O) groups is 2. The molecule has 27 heavy (non-hydrogen) atoms. The molecule has 0 spiro atoms. The fourth-order valence-electron chi connectivity index (χ4n) is 4.17. The number of aromatic nitrogens is 2. The number of rotatable bonds is 3. The van der Waals surface area contributed by atoms with E-state index in [1.54, 1.807) is 11.7 Å². The molecule has 2 aliphatic rings.